The molecule has 100 valence electrons. The molecule has 1 aliphatic heterocycles. The van der Waals surface area contributed by atoms with Gasteiger partial charge in [0.25, 0.3) is 0 Å². The van der Waals surface area contributed by atoms with Gasteiger partial charge in [0.2, 0.25) is 0 Å². The van der Waals surface area contributed by atoms with Crippen molar-refractivity contribution in [3.63, 3.8) is 0 Å². The quantitative estimate of drug-likeness (QED) is 0.851. The van der Waals surface area contributed by atoms with Crippen LogP contribution in [0.1, 0.15) is 51.1 Å². The first kappa shape index (κ1) is 13.4. The number of anilines is 1. The molecule has 1 aromatic carbocycles. The minimum atomic E-state index is 0.540. The zero-order valence-corrected chi connectivity index (χ0v) is 11.8. The van der Waals surface area contributed by atoms with E-state index >= 15 is 0 Å². The molecule has 0 bridgehead atoms. The molecule has 1 unspecified atom stereocenters. The summed E-state index contributed by atoms with van der Waals surface area (Å²) >= 11 is 0. The van der Waals surface area contributed by atoms with Crippen molar-refractivity contribution in [1.29, 1.82) is 0 Å². The fourth-order valence-electron chi connectivity index (χ4n) is 2.87. The zero-order valence-electron chi connectivity index (χ0n) is 11.8. The maximum absolute atomic E-state index is 3.63. The minimum absolute atomic E-state index is 0.540. The molecule has 0 saturated heterocycles. The van der Waals surface area contributed by atoms with Crippen LogP contribution in [0.5, 0.6) is 0 Å². The van der Waals surface area contributed by atoms with Crippen LogP contribution in [0.2, 0.25) is 0 Å². The lowest BCUT2D eigenvalue weighted by Gasteiger charge is -2.26. The third-order valence-electron chi connectivity index (χ3n) is 3.81. The molecule has 2 nitrogen and oxygen atoms in total. The molecule has 1 aliphatic rings. The molecule has 2 heteroatoms. The van der Waals surface area contributed by atoms with Crippen molar-refractivity contribution in [2.24, 2.45) is 0 Å². The van der Waals surface area contributed by atoms with Crippen molar-refractivity contribution in [3.05, 3.63) is 29.8 Å². The van der Waals surface area contributed by atoms with Gasteiger partial charge in [-0.05, 0) is 37.4 Å². The topological polar surface area (TPSA) is 15.3 Å². The fourth-order valence-corrected chi connectivity index (χ4v) is 2.87. The van der Waals surface area contributed by atoms with E-state index in [9.17, 15) is 0 Å². The molecule has 0 saturated carbocycles. The largest absolute Gasteiger partial charge is 0.371 e. The van der Waals surface area contributed by atoms with E-state index in [1.54, 1.807) is 0 Å². The van der Waals surface area contributed by atoms with Crippen LogP contribution >= 0.6 is 0 Å². The number of benzene rings is 1. The molecule has 0 aromatic heterocycles. The van der Waals surface area contributed by atoms with Crippen LogP contribution in [0, 0.1) is 0 Å². The monoisotopic (exact) mass is 246 g/mol. The lowest BCUT2D eigenvalue weighted by molar-refractivity contribution is 0.510. The van der Waals surface area contributed by atoms with Crippen LogP contribution in [0.3, 0.4) is 0 Å². The third-order valence-corrected chi connectivity index (χ3v) is 3.81. The Morgan fingerprint density at radius 3 is 2.89 bits per heavy atom. The van der Waals surface area contributed by atoms with Crippen LogP contribution in [-0.4, -0.2) is 19.6 Å². The number of nitrogens with zero attached hydrogens (tertiary/aromatic N) is 1. The Morgan fingerprint density at radius 1 is 1.28 bits per heavy atom. The summed E-state index contributed by atoms with van der Waals surface area (Å²) in [5.74, 6) is 0. The van der Waals surface area contributed by atoms with E-state index < -0.39 is 0 Å². The predicted octanol–water partition coefficient (Wildman–Crippen LogP) is 3.74. The SMILES string of the molecule is CCCCN1CCCC(NCC)c2ccccc21. The van der Waals surface area contributed by atoms with Gasteiger partial charge in [-0.2, -0.15) is 0 Å². The Hall–Kier alpha value is -1.02. The maximum Gasteiger partial charge on any atom is 0.0414 e. The van der Waals surface area contributed by atoms with Crippen LogP contribution < -0.4 is 10.2 Å². The van der Waals surface area contributed by atoms with E-state index in [2.05, 4.69) is 48.3 Å². The first-order valence-corrected chi connectivity index (χ1v) is 7.44. The highest BCUT2D eigenvalue weighted by Crippen LogP contribution is 2.32. The van der Waals surface area contributed by atoms with Crippen LogP contribution in [0.4, 0.5) is 5.69 Å². The van der Waals surface area contributed by atoms with Gasteiger partial charge in [0.05, 0.1) is 0 Å². The second-order valence-corrected chi connectivity index (χ2v) is 5.15. The van der Waals surface area contributed by atoms with E-state index in [1.165, 1.54) is 50.0 Å². The lowest BCUT2D eigenvalue weighted by atomic mass is 10.0. The highest BCUT2D eigenvalue weighted by molar-refractivity contribution is 5.55. The standard InChI is InChI=1S/C16H26N2/c1-3-5-12-18-13-8-10-15(17-4-2)14-9-6-7-11-16(14)18/h6-7,9,11,15,17H,3-5,8,10,12-13H2,1-2H3. The van der Waals surface area contributed by atoms with Gasteiger partial charge in [0.15, 0.2) is 0 Å². The third kappa shape index (κ3) is 3.05. The second kappa shape index (κ2) is 6.79. The lowest BCUT2D eigenvalue weighted by Crippen LogP contribution is -2.25. The summed E-state index contributed by atoms with van der Waals surface area (Å²) in [7, 11) is 0. The van der Waals surface area contributed by atoms with E-state index in [0.717, 1.165) is 6.54 Å². The molecule has 0 fully saturated rings. The van der Waals surface area contributed by atoms with Crippen molar-refractivity contribution in [2.75, 3.05) is 24.5 Å². The summed E-state index contributed by atoms with van der Waals surface area (Å²) in [6.07, 6.45) is 5.11. The zero-order chi connectivity index (χ0) is 12.8. The Balaban J connectivity index is 2.23. The number of rotatable bonds is 5. The molecule has 0 aliphatic carbocycles. The molecule has 18 heavy (non-hydrogen) atoms. The minimum Gasteiger partial charge on any atom is -0.371 e. The smallest absolute Gasteiger partial charge is 0.0414 e. The summed E-state index contributed by atoms with van der Waals surface area (Å²) in [6.45, 7) is 7.92. The summed E-state index contributed by atoms with van der Waals surface area (Å²) in [4.78, 5) is 2.58. The van der Waals surface area contributed by atoms with E-state index in [0.29, 0.717) is 6.04 Å². The van der Waals surface area contributed by atoms with Gasteiger partial charge >= 0.3 is 0 Å². The average molecular weight is 246 g/mol. The number of hydrogen-bond donors (Lipinski definition) is 1. The number of nitrogens with one attached hydrogen (secondary N) is 1. The van der Waals surface area contributed by atoms with Crippen molar-refractivity contribution < 1.29 is 0 Å². The first-order valence-electron chi connectivity index (χ1n) is 7.44. The van der Waals surface area contributed by atoms with E-state index in [-0.39, 0.29) is 0 Å². The Morgan fingerprint density at radius 2 is 2.11 bits per heavy atom. The fraction of sp³-hybridized carbons (Fsp3) is 0.625. The first-order chi connectivity index (χ1) is 8.86. The van der Waals surface area contributed by atoms with Crippen molar-refractivity contribution >= 4 is 5.69 Å². The number of fused-ring (bicyclic) bond motifs is 1. The summed E-state index contributed by atoms with van der Waals surface area (Å²) in [5.41, 5.74) is 2.95. The molecule has 1 atom stereocenters. The summed E-state index contributed by atoms with van der Waals surface area (Å²) in [5, 5.41) is 3.63. The van der Waals surface area contributed by atoms with Crippen LogP contribution in [-0.2, 0) is 0 Å². The molecule has 1 heterocycles. The van der Waals surface area contributed by atoms with Gasteiger partial charge in [-0.15, -0.1) is 0 Å². The molecular formula is C16H26N2. The highest BCUT2D eigenvalue weighted by atomic mass is 15.1. The summed E-state index contributed by atoms with van der Waals surface area (Å²) < 4.78 is 0. The Labute approximate surface area is 111 Å². The molecular weight excluding hydrogens is 220 g/mol. The van der Waals surface area contributed by atoms with Crippen LogP contribution in [0.25, 0.3) is 0 Å². The van der Waals surface area contributed by atoms with Gasteiger partial charge < -0.3 is 10.2 Å². The predicted molar refractivity (Wildman–Crippen MR) is 79.2 cm³/mol. The second-order valence-electron chi connectivity index (χ2n) is 5.15. The molecule has 0 amide bonds. The number of unbranched alkanes of at least 4 members (excludes halogenated alkanes) is 1. The van der Waals surface area contributed by atoms with Crippen molar-refractivity contribution in [2.45, 2.75) is 45.6 Å². The molecule has 0 radical (unpaired) electrons. The van der Waals surface area contributed by atoms with Gasteiger partial charge in [-0.25, -0.2) is 0 Å². The Bertz CT molecular complexity index is 362. The Kier molecular flexibility index (Phi) is 5.06. The van der Waals surface area contributed by atoms with Gasteiger partial charge in [0.1, 0.15) is 0 Å². The molecule has 2 rings (SSSR count). The molecule has 1 N–H and O–H groups in total. The number of hydrogen-bond acceptors (Lipinski definition) is 2. The molecule has 1 aromatic rings. The van der Waals surface area contributed by atoms with Crippen molar-refractivity contribution in [1.82, 2.24) is 5.32 Å². The number of para-hydroxylation sites is 1. The summed E-state index contributed by atoms with van der Waals surface area (Å²) in [6, 6.07) is 9.48. The highest BCUT2D eigenvalue weighted by Gasteiger charge is 2.21. The van der Waals surface area contributed by atoms with Crippen LogP contribution in [0.15, 0.2) is 24.3 Å². The van der Waals surface area contributed by atoms with Gasteiger partial charge in [-0.1, -0.05) is 38.5 Å². The normalized spacial score (nSPS) is 19.4. The van der Waals surface area contributed by atoms with E-state index in [4.69, 9.17) is 0 Å². The van der Waals surface area contributed by atoms with E-state index in [1.807, 2.05) is 0 Å². The van der Waals surface area contributed by atoms with Crippen molar-refractivity contribution in [3.8, 4) is 0 Å². The average Bonchev–Trinajstić information content (AvgIpc) is 2.57. The van der Waals surface area contributed by atoms with Gasteiger partial charge in [0, 0.05) is 24.8 Å². The maximum atomic E-state index is 3.63. The van der Waals surface area contributed by atoms with Gasteiger partial charge in [-0.3, -0.25) is 0 Å². The molecule has 0 spiro atoms.